The van der Waals surface area contributed by atoms with Crippen molar-refractivity contribution in [3.8, 4) is 11.5 Å². The van der Waals surface area contributed by atoms with Crippen molar-refractivity contribution < 1.29 is 9.47 Å². The molecule has 1 aliphatic heterocycles. The minimum absolute atomic E-state index is 0.0519. The summed E-state index contributed by atoms with van der Waals surface area (Å²) in [7, 11) is 5.71. The summed E-state index contributed by atoms with van der Waals surface area (Å²) in [5.41, 5.74) is 1.16. The molecule has 3 nitrogen and oxygen atoms in total. The van der Waals surface area contributed by atoms with Crippen LogP contribution in [0.1, 0.15) is 5.56 Å². The molecule has 0 N–H and O–H groups in total. The second kappa shape index (κ2) is 4.59. The van der Waals surface area contributed by atoms with E-state index < -0.39 is 0 Å². The molecule has 1 aliphatic rings. The van der Waals surface area contributed by atoms with E-state index >= 15 is 0 Å². The maximum Gasteiger partial charge on any atom is 0.171 e. The molecular formula is C16H17NO2. The van der Waals surface area contributed by atoms with Crippen LogP contribution >= 0.6 is 0 Å². The van der Waals surface area contributed by atoms with Crippen LogP contribution in [0.3, 0.4) is 0 Å². The molecule has 98 valence electrons. The molecule has 0 amide bonds. The van der Waals surface area contributed by atoms with Gasteiger partial charge in [0.15, 0.2) is 6.23 Å². The van der Waals surface area contributed by atoms with Gasteiger partial charge >= 0.3 is 0 Å². The van der Waals surface area contributed by atoms with Gasteiger partial charge in [0.1, 0.15) is 11.5 Å². The minimum atomic E-state index is -0.0519. The van der Waals surface area contributed by atoms with Crippen molar-refractivity contribution in [2.75, 3.05) is 21.2 Å². The molecular weight excluding hydrogens is 238 g/mol. The first-order valence-electron chi connectivity index (χ1n) is 6.31. The Morgan fingerprint density at radius 1 is 1.16 bits per heavy atom. The standard InChI is InChI=1S/C16H17NO2/c1-17(2)15-10-8-11-7-9-13(18-3)12-5-4-6-14(19-15)16(11)12/h4-10,15H,1-3H3. The van der Waals surface area contributed by atoms with E-state index in [1.165, 1.54) is 0 Å². The monoisotopic (exact) mass is 255 g/mol. The molecule has 1 unspecified atom stereocenters. The molecule has 0 bridgehead atoms. The number of hydrogen-bond donors (Lipinski definition) is 0. The molecule has 3 rings (SSSR count). The molecule has 0 radical (unpaired) electrons. The maximum absolute atomic E-state index is 6.07. The van der Waals surface area contributed by atoms with Gasteiger partial charge in [-0.1, -0.05) is 24.3 Å². The zero-order valence-corrected chi connectivity index (χ0v) is 11.4. The highest BCUT2D eigenvalue weighted by Crippen LogP contribution is 2.37. The van der Waals surface area contributed by atoms with Crippen molar-refractivity contribution in [2.45, 2.75) is 6.23 Å². The molecule has 0 spiro atoms. The molecule has 1 heterocycles. The summed E-state index contributed by atoms with van der Waals surface area (Å²) in [4.78, 5) is 2.04. The van der Waals surface area contributed by atoms with E-state index in [1.807, 2.05) is 37.2 Å². The number of rotatable bonds is 2. The van der Waals surface area contributed by atoms with Gasteiger partial charge in [-0.3, -0.25) is 4.90 Å². The van der Waals surface area contributed by atoms with Gasteiger partial charge in [0.2, 0.25) is 0 Å². The van der Waals surface area contributed by atoms with Gasteiger partial charge in [-0.05, 0) is 37.9 Å². The summed E-state index contributed by atoms with van der Waals surface area (Å²) in [6, 6.07) is 10.1. The van der Waals surface area contributed by atoms with Crippen LogP contribution in [0.15, 0.2) is 36.4 Å². The highest BCUT2D eigenvalue weighted by Gasteiger charge is 2.17. The van der Waals surface area contributed by atoms with Gasteiger partial charge in [0, 0.05) is 10.8 Å². The van der Waals surface area contributed by atoms with Crippen molar-refractivity contribution in [3.63, 3.8) is 0 Å². The summed E-state index contributed by atoms with van der Waals surface area (Å²) in [5.74, 6) is 1.77. The van der Waals surface area contributed by atoms with Crippen LogP contribution < -0.4 is 9.47 Å². The van der Waals surface area contributed by atoms with Crippen LogP contribution in [0.25, 0.3) is 16.8 Å². The molecule has 1 atom stereocenters. The zero-order chi connectivity index (χ0) is 13.4. The zero-order valence-electron chi connectivity index (χ0n) is 11.4. The Labute approximate surface area is 113 Å². The van der Waals surface area contributed by atoms with Crippen LogP contribution in [0, 0.1) is 0 Å². The first-order chi connectivity index (χ1) is 9.20. The fourth-order valence-electron chi connectivity index (χ4n) is 2.42. The average Bonchev–Trinajstić information content (AvgIpc) is 2.61. The van der Waals surface area contributed by atoms with Crippen LogP contribution in [-0.4, -0.2) is 32.3 Å². The largest absolute Gasteiger partial charge is 0.496 e. The molecule has 0 saturated carbocycles. The Morgan fingerprint density at radius 2 is 2.00 bits per heavy atom. The van der Waals surface area contributed by atoms with Crippen molar-refractivity contribution in [1.82, 2.24) is 4.90 Å². The Kier molecular flexibility index (Phi) is 2.91. The Bertz CT molecular complexity index is 646. The smallest absolute Gasteiger partial charge is 0.171 e. The van der Waals surface area contributed by atoms with E-state index in [1.54, 1.807) is 7.11 Å². The van der Waals surface area contributed by atoms with Gasteiger partial charge in [-0.25, -0.2) is 0 Å². The van der Waals surface area contributed by atoms with Gasteiger partial charge < -0.3 is 9.47 Å². The van der Waals surface area contributed by atoms with Gasteiger partial charge in [0.05, 0.1) is 7.11 Å². The van der Waals surface area contributed by atoms with Crippen LogP contribution in [0.5, 0.6) is 11.5 Å². The molecule has 0 aromatic heterocycles. The van der Waals surface area contributed by atoms with Crippen molar-refractivity contribution in [3.05, 3.63) is 42.0 Å². The van der Waals surface area contributed by atoms with Gasteiger partial charge in [0.25, 0.3) is 0 Å². The predicted octanol–water partition coefficient (Wildman–Crippen LogP) is 3.14. The molecule has 0 saturated heterocycles. The minimum Gasteiger partial charge on any atom is -0.496 e. The van der Waals surface area contributed by atoms with E-state index in [-0.39, 0.29) is 6.23 Å². The molecule has 2 aromatic carbocycles. The lowest BCUT2D eigenvalue weighted by Gasteiger charge is -2.22. The number of methoxy groups -OCH3 is 1. The van der Waals surface area contributed by atoms with Crippen LogP contribution in [0.2, 0.25) is 0 Å². The fourth-order valence-corrected chi connectivity index (χ4v) is 2.42. The Morgan fingerprint density at radius 3 is 2.74 bits per heavy atom. The maximum atomic E-state index is 6.07. The lowest BCUT2D eigenvalue weighted by atomic mass is 10.0. The van der Waals surface area contributed by atoms with E-state index in [9.17, 15) is 0 Å². The number of nitrogens with zero attached hydrogens (tertiary/aromatic N) is 1. The van der Waals surface area contributed by atoms with E-state index in [2.05, 4.69) is 24.3 Å². The number of likely N-dealkylation sites (N-methyl/N-ethyl adjacent to an activating group) is 1. The van der Waals surface area contributed by atoms with Crippen LogP contribution in [0.4, 0.5) is 0 Å². The predicted molar refractivity (Wildman–Crippen MR) is 77.6 cm³/mol. The molecule has 19 heavy (non-hydrogen) atoms. The van der Waals surface area contributed by atoms with E-state index in [0.717, 1.165) is 27.8 Å². The first-order valence-corrected chi connectivity index (χ1v) is 6.31. The van der Waals surface area contributed by atoms with Crippen molar-refractivity contribution in [2.24, 2.45) is 0 Å². The SMILES string of the molecule is COc1ccc2c3c(cccc13)OC(N(C)C)C=C2. The summed E-state index contributed by atoms with van der Waals surface area (Å²) >= 11 is 0. The van der Waals surface area contributed by atoms with Gasteiger partial charge in [-0.2, -0.15) is 0 Å². The summed E-state index contributed by atoms with van der Waals surface area (Å²) < 4.78 is 11.5. The van der Waals surface area contributed by atoms with Gasteiger partial charge in [-0.15, -0.1) is 0 Å². The average molecular weight is 255 g/mol. The molecule has 2 aromatic rings. The number of ether oxygens (including phenoxy) is 2. The highest BCUT2D eigenvalue weighted by atomic mass is 16.5. The number of hydrogen-bond acceptors (Lipinski definition) is 3. The summed E-state index contributed by atoms with van der Waals surface area (Å²) in [5, 5.41) is 2.20. The van der Waals surface area contributed by atoms with Crippen LogP contribution in [-0.2, 0) is 0 Å². The summed E-state index contributed by atoms with van der Waals surface area (Å²) in [6.45, 7) is 0. The normalized spacial score (nSPS) is 17.4. The lowest BCUT2D eigenvalue weighted by Crippen LogP contribution is -2.31. The first kappa shape index (κ1) is 12.1. The Balaban J connectivity index is 2.26. The second-order valence-corrected chi connectivity index (χ2v) is 4.87. The number of benzene rings is 2. The third-order valence-electron chi connectivity index (χ3n) is 3.41. The highest BCUT2D eigenvalue weighted by molar-refractivity contribution is 5.99. The Hall–Kier alpha value is -2.00. The van der Waals surface area contributed by atoms with E-state index in [4.69, 9.17) is 9.47 Å². The molecule has 0 aliphatic carbocycles. The topological polar surface area (TPSA) is 21.7 Å². The fraction of sp³-hybridized carbons (Fsp3) is 0.250. The third kappa shape index (κ3) is 1.96. The van der Waals surface area contributed by atoms with Crippen molar-refractivity contribution >= 4 is 16.8 Å². The molecule has 3 heteroatoms. The van der Waals surface area contributed by atoms with Crippen molar-refractivity contribution in [1.29, 1.82) is 0 Å². The summed E-state index contributed by atoms with van der Waals surface area (Å²) in [6.07, 6.45) is 4.13. The lowest BCUT2D eigenvalue weighted by molar-refractivity contribution is 0.110. The molecule has 0 fully saturated rings. The second-order valence-electron chi connectivity index (χ2n) is 4.87. The quantitative estimate of drug-likeness (QED) is 0.823. The third-order valence-corrected chi connectivity index (χ3v) is 3.41. The van der Waals surface area contributed by atoms with E-state index in [0.29, 0.717) is 0 Å².